The van der Waals surface area contributed by atoms with Crippen LogP contribution >= 0.6 is 0 Å². The zero-order valence-corrected chi connectivity index (χ0v) is 11.8. The van der Waals surface area contributed by atoms with E-state index in [9.17, 15) is 0 Å². The van der Waals surface area contributed by atoms with Crippen LogP contribution in [0.25, 0.3) is 0 Å². The Hall–Kier alpha value is -0.240. The van der Waals surface area contributed by atoms with E-state index in [1.165, 1.54) is 52.4 Å². The number of hydrogen-bond acceptors (Lipinski definition) is 2. The van der Waals surface area contributed by atoms with Gasteiger partial charge in [-0.15, -0.1) is 0 Å². The molecule has 0 bridgehead atoms. The van der Waals surface area contributed by atoms with E-state index < -0.39 is 0 Å². The first kappa shape index (κ1) is 15.8. The van der Waals surface area contributed by atoms with Gasteiger partial charge in [0.25, 0.3) is 0 Å². The van der Waals surface area contributed by atoms with Crippen LogP contribution in [0.1, 0.15) is 0 Å². The van der Waals surface area contributed by atoms with Crippen molar-refractivity contribution in [2.75, 3.05) is 78.5 Å². The lowest BCUT2D eigenvalue weighted by Gasteiger charge is -2.07. The van der Waals surface area contributed by atoms with Crippen molar-refractivity contribution in [1.29, 1.82) is 0 Å². The van der Waals surface area contributed by atoms with E-state index >= 15 is 0 Å². The third kappa shape index (κ3) is 10.9. The van der Waals surface area contributed by atoms with Crippen LogP contribution in [0.2, 0.25) is 0 Å². The van der Waals surface area contributed by atoms with Crippen LogP contribution in [0, 0.1) is 0 Å². The molecule has 1 fully saturated rings. The lowest BCUT2D eigenvalue weighted by atomic mass is 10.4. The summed E-state index contributed by atoms with van der Waals surface area (Å²) in [5.41, 5.74) is 0. The molecule has 0 radical (unpaired) electrons. The normalized spacial score (nSPS) is 24.0. The summed E-state index contributed by atoms with van der Waals surface area (Å²) in [6.07, 6.45) is 0. The smallest absolute Gasteiger partial charge is 0.125 e. The molecule has 0 saturated carbocycles. The summed E-state index contributed by atoms with van der Waals surface area (Å²) in [4.78, 5) is 0. The predicted molar refractivity (Wildman–Crippen MR) is 72.4 cm³/mol. The van der Waals surface area contributed by atoms with Gasteiger partial charge in [-0.3, -0.25) is 0 Å². The fourth-order valence-corrected chi connectivity index (χ4v) is 2.12. The van der Waals surface area contributed by atoms with E-state index in [4.69, 9.17) is 0 Å². The summed E-state index contributed by atoms with van der Waals surface area (Å²) in [6.45, 7) is 14.3. The van der Waals surface area contributed by atoms with Gasteiger partial charge in [0.05, 0.1) is 26.2 Å². The molecule has 1 aliphatic heterocycles. The van der Waals surface area contributed by atoms with Gasteiger partial charge >= 0.3 is 0 Å². The van der Waals surface area contributed by atoms with Crippen LogP contribution in [0.5, 0.6) is 0 Å². The van der Waals surface area contributed by atoms with E-state index in [-0.39, 0.29) is 0 Å². The molecule has 0 aromatic rings. The maximum absolute atomic E-state index is 3.50. The van der Waals surface area contributed by atoms with Crippen molar-refractivity contribution in [2.24, 2.45) is 0 Å². The zero-order valence-electron chi connectivity index (χ0n) is 11.8. The highest BCUT2D eigenvalue weighted by molar-refractivity contribution is 4.42. The van der Waals surface area contributed by atoms with Gasteiger partial charge in [-0.1, -0.05) is 0 Å². The third-order valence-electron chi connectivity index (χ3n) is 3.25. The highest BCUT2D eigenvalue weighted by Crippen LogP contribution is 1.52. The number of hydrogen-bond donors (Lipinski definition) is 6. The molecule has 18 heavy (non-hydrogen) atoms. The molecule has 0 aromatic carbocycles. The average molecular weight is 262 g/mol. The maximum atomic E-state index is 3.50. The van der Waals surface area contributed by atoms with Crippen LogP contribution in [0.3, 0.4) is 0 Å². The van der Waals surface area contributed by atoms with Crippen LogP contribution in [0.15, 0.2) is 0 Å². The SMILES string of the molecule is C1C[NH2+]CC[NH2+]CCNCC[NH2+]CC[NH2+]CCN1. The molecule has 1 heterocycles. The van der Waals surface area contributed by atoms with Crippen molar-refractivity contribution in [3.8, 4) is 0 Å². The predicted octanol–water partition coefficient (Wildman–Crippen LogP) is -6.57. The van der Waals surface area contributed by atoms with Gasteiger partial charge in [0, 0.05) is 26.2 Å². The van der Waals surface area contributed by atoms with Crippen LogP contribution in [-0.2, 0) is 0 Å². The first-order valence-corrected chi connectivity index (χ1v) is 7.68. The molecule has 1 saturated heterocycles. The highest BCUT2D eigenvalue weighted by Gasteiger charge is 1.98. The lowest BCUT2D eigenvalue weighted by molar-refractivity contribution is -0.724. The summed E-state index contributed by atoms with van der Waals surface area (Å²) < 4.78 is 0. The van der Waals surface area contributed by atoms with E-state index in [0.717, 1.165) is 26.2 Å². The zero-order chi connectivity index (χ0) is 12.7. The minimum Gasteiger partial charge on any atom is -0.341 e. The van der Waals surface area contributed by atoms with E-state index in [1.807, 2.05) is 0 Å². The number of quaternary nitrogens is 4. The highest BCUT2D eigenvalue weighted by atomic mass is 15.0. The molecule has 6 heteroatoms. The number of nitrogens with one attached hydrogen (secondary N) is 2. The van der Waals surface area contributed by atoms with Crippen molar-refractivity contribution >= 4 is 0 Å². The van der Waals surface area contributed by atoms with Gasteiger partial charge in [0.2, 0.25) is 0 Å². The third-order valence-corrected chi connectivity index (χ3v) is 3.25. The van der Waals surface area contributed by atoms with Crippen molar-refractivity contribution in [2.45, 2.75) is 0 Å². The maximum Gasteiger partial charge on any atom is 0.125 e. The summed E-state index contributed by atoms with van der Waals surface area (Å²) in [6, 6.07) is 0. The molecule has 1 rings (SSSR count). The first-order valence-electron chi connectivity index (χ1n) is 7.68. The Morgan fingerprint density at radius 1 is 0.389 bits per heavy atom. The molecule has 10 N–H and O–H groups in total. The fraction of sp³-hybridized carbons (Fsp3) is 1.00. The molecule has 0 aromatic heterocycles. The van der Waals surface area contributed by atoms with Gasteiger partial charge in [0.1, 0.15) is 26.2 Å². The Morgan fingerprint density at radius 2 is 0.667 bits per heavy atom. The second kappa shape index (κ2) is 13.2. The standard InChI is InChI=1S/C12H30N6/c1-2-14-5-6-16-9-10-18-12-11-17-8-7-15-4-3-13-1/h13-18H,1-12H2/p+4. The first-order chi connectivity index (χ1) is 9.00. The summed E-state index contributed by atoms with van der Waals surface area (Å²) >= 11 is 0. The topological polar surface area (TPSA) is 90.5 Å². The number of rotatable bonds is 0. The molecule has 0 aliphatic carbocycles. The van der Waals surface area contributed by atoms with Gasteiger partial charge in [-0.25, -0.2) is 0 Å². The van der Waals surface area contributed by atoms with Gasteiger partial charge < -0.3 is 31.9 Å². The molecular weight excluding hydrogens is 228 g/mol. The largest absolute Gasteiger partial charge is 0.341 e. The molecule has 0 amide bonds. The van der Waals surface area contributed by atoms with Gasteiger partial charge in [-0.2, -0.15) is 0 Å². The Labute approximate surface area is 111 Å². The molecule has 108 valence electrons. The Balaban J connectivity index is 2.00. The summed E-state index contributed by atoms with van der Waals surface area (Å²) in [5.74, 6) is 0. The fourth-order valence-electron chi connectivity index (χ4n) is 2.12. The van der Waals surface area contributed by atoms with Gasteiger partial charge in [0.15, 0.2) is 0 Å². The second-order valence-corrected chi connectivity index (χ2v) is 4.96. The second-order valence-electron chi connectivity index (χ2n) is 4.96. The molecule has 0 atom stereocenters. The van der Waals surface area contributed by atoms with E-state index in [1.54, 1.807) is 0 Å². The minimum absolute atomic E-state index is 1.14. The average Bonchev–Trinajstić information content (AvgIpc) is 2.39. The quantitative estimate of drug-likeness (QED) is 0.262. The Morgan fingerprint density at radius 3 is 0.944 bits per heavy atom. The van der Waals surface area contributed by atoms with Gasteiger partial charge in [-0.05, 0) is 0 Å². The summed E-state index contributed by atoms with van der Waals surface area (Å²) in [7, 11) is 0. The van der Waals surface area contributed by atoms with Crippen LogP contribution < -0.4 is 31.9 Å². The molecular formula is C12H34N6+4. The molecule has 0 unspecified atom stereocenters. The van der Waals surface area contributed by atoms with Crippen molar-refractivity contribution in [3.05, 3.63) is 0 Å². The monoisotopic (exact) mass is 262 g/mol. The molecule has 1 aliphatic rings. The Kier molecular flexibility index (Phi) is 11.6. The van der Waals surface area contributed by atoms with E-state index in [0.29, 0.717) is 0 Å². The van der Waals surface area contributed by atoms with E-state index in [2.05, 4.69) is 31.9 Å². The molecule has 6 nitrogen and oxygen atoms in total. The number of nitrogens with two attached hydrogens (primary N) is 4. The Bertz CT molecular complexity index is 91.6. The van der Waals surface area contributed by atoms with Crippen LogP contribution in [-0.4, -0.2) is 78.5 Å². The minimum atomic E-state index is 1.14. The van der Waals surface area contributed by atoms with Crippen molar-refractivity contribution in [3.63, 3.8) is 0 Å². The van der Waals surface area contributed by atoms with Crippen molar-refractivity contribution < 1.29 is 21.3 Å². The van der Waals surface area contributed by atoms with Crippen LogP contribution in [0.4, 0.5) is 0 Å². The molecule has 0 spiro atoms. The van der Waals surface area contributed by atoms with Crippen molar-refractivity contribution in [1.82, 2.24) is 10.6 Å². The summed E-state index contributed by atoms with van der Waals surface area (Å²) in [5, 5.41) is 16.7. The lowest BCUT2D eigenvalue weighted by Crippen LogP contribution is -2.97.